The number of carbonyl (C=O) groups excluding carboxylic acids is 1. The number of halogens is 2. The Morgan fingerprint density at radius 3 is 2.36 bits per heavy atom. The van der Waals surface area contributed by atoms with Gasteiger partial charge in [-0.25, -0.2) is 0 Å². The summed E-state index contributed by atoms with van der Waals surface area (Å²) in [7, 11) is 0. The molecule has 1 radical (unpaired) electrons. The van der Waals surface area contributed by atoms with E-state index in [-0.39, 0.29) is 21.7 Å². The predicted octanol–water partition coefficient (Wildman–Crippen LogP) is 2.69. The van der Waals surface area contributed by atoms with Gasteiger partial charge < -0.3 is 0 Å². The zero-order valence-electron chi connectivity index (χ0n) is 6.40. The second-order valence-corrected chi connectivity index (χ2v) is 4.41. The van der Waals surface area contributed by atoms with Gasteiger partial charge in [-0.1, -0.05) is 37.0 Å². The van der Waals surface area contributed by atoms with Crippen molar-refractivity contribution in [1.82, 2.24) is 0 Å². The SMILES string of the molecule is CC1(C)[C@H]([C]=O)[C@H]1C=C(Cl)Cl. The van der Waals surface area contributed by atoms with Crippen molar-refractivity contribution < 1.29 is 4.79 Å². The fraction of sp³-hybridized carbons (Fsp3) is 0.625. The molecule has 1 fully saturated rings. The van der Waals surface area contributed by atoms with Crippen LogP contribution in [0.25, 0.3) is 0 Å². The summed E-state index contributed by atoms with van der Waals surface area (Å²) in [4.78, 5) is 10.3. The zero-order chi connectivity index (χ0) is 8.65. The van der Waals surface area contributed by atoms with Crippen LogP contribution in [0.3, 0.4) is 0 Å². The highest BCUT2D eigenvalue weighted by Gasteiger charge is 2.57. The third-order valence-electron chi connectivity index (χ3n) is 2.34. The Kier molecular flexibility index (Phi) is 2.31. The molecule has 1 nitrogen and oxygen atoms in total. The van der Waals surface area contributed by atoms with Crippen LogP contribution in [0.15, 0.2) is 10.6 Å². The number of hydrogen-bond acceptors (Lipinski definition) is 1. The molecule has 0 aliphatic heterocycles. The van der Waals surface area contributed by atoms with Crippen LogP contribution in [0, 0.1) is 17.3 Å². The molecule has 0 heterocycles. The normalized spacial score (nSPS) is 32.7. The minimum absolute atomic E-state index is 0.00319. The maximum absolute atomic E-state index is 10.3. The van der Waals surface area contributed by atoms with Crippen LogP contribution in [0.5, 0.6) is 0 Å². The molecule has 1 saturated carbocycles. The van der Waals surface area contributed by atoms with Crippen molar-refractivity contribution in [3.05, 3.63) is 10.6 Å². The summed E-state index contributed by atoms with van der Waals surface area (Å²) in [5, 5.41) is 0. The van der Waals surface area contributed by atoms with Crippen molar-refractivity contribution in [3.8, 4) is 0 Å². The van der Waals surface area contributed by atoms with Gasteiger partial charge in [-0.15, -0.1) is 0 Å². The minimum atomic E-state index is -0.0324. The second kappa shape index (κ2) is 2.80. The van der Waals surface area contributed by atoms with E-state index >= 15 is 0 Å². The lowest BCUT2D eigenvalue weighted by Gasteiger charge is -1.95. The summed E-state index contributed by atoms with van der Waals surface area (Å²) in [6.45, 7) is 4.00. The third kappa shape index (κ3) is 1.60. The molecule has 0 amide bonds. The first kappa shape index (κ1) is 9.08. The molecule has 61 valence electrons. The Labute approximate surface area is 76.4 Å². The average Bonchev–Trinajstić information content (AvgIpc) is 2.33. The van der Waals surface area contributed by atoms with Crippen LogP contribution in [0.4, 0.5) is 0 Å². The first-order valence-electron chi connectivity index (χ1n) is 3.40. The van der Waals surface area contributed by atoms with E-state index in [0.29, 0.717) is 0 Å². The summed E-state index contributed by atoms with van der Waals surface area (Å²) in [5.74, 6) is 0.139. The molecule has 0 spiro atoms. The maximum Gasteiger partial charge on any atom is 0.202 e. The first-order chi connectivity index (χ1) is 5.00. The van der Waals surface area contributed by atoms with Crippen LogP contribution in [-0.4, -0.2) is 6.29 Å². The molecule has 0 aromatic rings. The van der Waals surface area contributed by atoms with E-state index < -0.39 is 0 Å². The van der Waals surface area contributed by atoms with E-state index in [1.807, 2.05) is 20.1 Å². The van der Waals surface area contributed by atoms with Crippen LogP contribution in [-0.2, 0) is 4.79 Å². The van der Waals surface area contributed by atoms with Crippen LogP contribution >= 0.6 is 23.2 Å². The Hall–Kier alpha value is -0.0100. The van der Waals surface area contributed by atoms with Crippen molar-refractivity contribution in [3.63, 3.8) is 0 Å². The van der Waals surface area contributed by atoms with Crippen LogP contribution in [0.1, 0.15) is 13.8 Å². The topological polar surface area (TPSA) is 17.1 Å². The minimum Gasteiger partial charge on any atom is -0.291 e. The molecule has 0 unspecified atom stereocenters. The lowest BCUT2D eigenvalue weighted by molar-refractivity contribution is 0.528. The molecule has 0 bridgehead atoms. The molecule has 1 aliphatic carbocycles. The lowest BCUT2D eigenvalue weighted by Crippen LogP contribution is -1.89. The highest BCUT2D eigenvalue weighted by atomic mass is 35.5. The van der Waals surface area contributed by atoms with Crippen LogP contribution < -0.4 is 0 Å². The summed E-state index contributed by atoms with van der Waals surface area (Å²) < 4.78 is 0.237. The van der Waals surface area contributed by atoms with Gasteiger partial charge in [0, 0.05) is 5.92 Å². The highest BCUT2D eigenvalue weighted by Crippen LogP contribution is 2.58. The van der Waals surface area contributed by atoms with E-state index in [1.54, 1.807) is 6.08 Å². The zero-order valence-corrected chi connectivity index (χ0v) is 7.91. The molecule has 3 heteroatoms. The maximum atomic E-state index is 10.3. The molecule has 0 aromatic heterocycles. The van der Waals surface area contributed by atoms with Gasteiger partial charge in [-0.05, 0) is 17.4 Å². The molecular formula is C8H9Cl2O. The van der Waals surface area contributed by atoms with Gasteiger partial charge in [-0.2, -0.15) is 0 Å². The van der Waals surface area contributed by atoms with Gasteiger partial charge in [0.1, 0.15) is 4.49 Å². The number of allylic oxidation sites excluding steroid dienone is 1. The fourth-order valence-electron chi connectivity index (χ4n) is 1.35. The molecular weight excluding hydrogens is 183 g/mol. The first-order valence-corrected chi connectivity index (χ1v) is 4.16. The van der Waals surface area contributed by atoms with E-state index in [4.69, 9.17) is 23.2 Å². The van der Waals surface area contributed by atoms with Crippen molar-refractivity contribution in [2.24, 2.45) is 17.3 Å². The smallest absolute Gasteiger partial charge is 0.202 e. The molecule has 11 heavy (non-hydrogen) atoms. The monoisotopic (exact) mass is 191 g/mol. The second-order valence-electron chi connectivity index (χ2n) is 3.40. The lowest BCUT2D eigenvalue weighted by atomic mass is 10.1. The summed E-state index contributed by atoms with van der Waals surface area (Å²) in [6, 6.07) is 0. The van der Waals surface area contributed by atoms with Crippen molar-refractivity contribution >= 4 is 29.5 Å². The summed E-state index contributed by atoms with van der Waals surface area (Å²) >= 11 is 10.9. The largest absolute Gasteiger partial charge is 0.291 e. The van der Waals surface area contributed by atoms with E-state index in [2.05, 4.69) is 0 Å². The fourth-order valence-corrected chi connectivity index (χ4v) is 1.62. The Morgan fingerprint density at radius 2 is 2.09 bits per heavy atom. The third-order valence-corrected chi connectivity index (χ3v) is 2.60. The van der Waals surface area contributed by atoms with Gasteiger partial charge in [0.2, 0.25) is 6.29 Å². The van der Waals surface area contributed by atoms with E-state index in [1.165, 1.54) is 0 Å². The van der Waals surface area contributed by atoms with Gasteiger partial charge >= 0.3 is 0 Å². The van der Waals surface area contributed by atoms with Crippen molar-refractivity contribution in [2.45, 2.75) is 13.8 Å². The highest BCUT2D eigenvalue weighted by molar-refractivity contribution is 6.55. The van der Waals surface area contributed by atoms with Crippen molar-refractivity contribution in [2.75, 3.05) is 0 Å². The number of hydrogen-bond donors (Lipinski definition) is 0. The average molecular weight is 192 g/mol. The van der Waals surface area contributed by atoms with E-state index in [9.17, 15) is 4.79 Å². The molecule has 2 atom stereocenters. The molecule has 1 aliphatic rings. The predicted molar refractivity (Wildman–Crippen MR) is 46.2 cm³/mol. The Balaban J connectivity index is 2.67. The van der Waals surface area contributed by atoms with Gasteiger partial charge in [0.25, 0.3) is 0 Å². The molecule has 0 saturated heterocycles. The molecule has 1 rings (SSSR count). The quantitative estimate of drug-likeness (QED) is 0.657. The summed E-state index contributed by atoms with van der Waals surface area (Å²) in [5.41, 5.74) is -0.00319. The van der Waals surface area contributed by atoms with Gasteiger partial charge in [0.05, 0.1) is 0 Å². The standard InChI is InChI=1S/C8H9Cl2O/c1-8(2)5(3-7(9)10)6(8)4-11/h3,5-6H,1-2H3/t5-,6-/m1/s1. The van der Waals surface area contributed by atoms with E-state index in [0.717, 1.165) is 0 Å². The Morgan fingerprint density at radius 1 is 1.55 bits per heavy atom. The van der Waals surface area contributed by atoms with Gasteiger partial charge in [0.15, 0.2) is 0 Å². The van der Waals surface area contributed by atoms with Crippen molar-refractivity contribution in [1.29, 1.82) is 0 Å². The van der Waals surface area contributed by atoms with Gasteiger partial charge in [-0.3, -0.25) is 4.79 Å². The molecule has 0 N–H and O–H groups in total. The summed E-state index contributed by atoms with van der Waals surface area (Å²) in [6.07, 6.45) is 3.68. The molecule has 0 aromatic carbocycles. The number of rotatable bonds is 2. The Bertz CT molecular complexity index is 204. The van der Waals surface area contributed by atoms with Crippen LogP contribution in [0.2, 0.25) is 0 Å².